The average Bonchev–Trinajstić information content (AvgIpc) is 2.87. The van der Waals surface area contributed by atoms with Crippen molar-refractivity contribution in [1.82, 2.24) is 10.2 Å². The molecule has 1 aliphatic carbocycles. The number of rotatable bonds is 6. The van der Waals surface area contributed by atoms with Crippen molar-refractivity contribution in [3.8, 4) is 0 Å². The smallest absolute Gasteiger partial charge is 0.225 e. The first-order chi connectivity index (χ1) is 11.2. The van der Waals surface area contributed by atoms with Crippen molar-refractivity contribution in [2.75, 3.05) is 33.4 Å². The molecule has 0 aromatic rings. The Bertz CT molecular complexity index is 370. The fraction of sp³-hybridized carbons (Fsp3) is 0.889. The second-order valence-corrected chi connectivity index (χ2v) is 6.93. The zero-order chi connectivity index (χ0) is 16.5. The Kier molecular flexibility index (Phi) is 7.86. The summed E-state index contributed by atoms with van der Waals surface area (Å²) in [5.74, 6) is 0.726. The standard InChI is InChI=1S/C18H32N2O3/c1-23-14-6-11-19-17(21)15-7-9-16(10-8-15)18(22)20-12-4-2-3-5-13-20/h15-16H,2-14H2,1H3,(H,19,21). The summed E-state index contributed by atoms with van der Waals surface area (Å²) < 4.78 is 4.98. The summed E-state index contributed by atoms with van der Waals surface area (Å²) in [4.78, 5) is 26.8. The number of carbonyl (C=O) groups is 2. The quantitative estimate of drug-likeness (QED) is 0.763. The van der Waals surface area contributed by atoms with Crippen LogP contribution in [0, 0.1) is 11.8 Å². The maximum atomic E-state index is 12.6. The van der Waals surface area contributed by atoms with Gasteiger partial charge >= 0.3 is 0 Å². The molecule has 0 aromatic carbocycles. The second kappa shape index (κ2) is 9.91. The number of nitrogens with one attached hydrogen (secondary N) is 1. The molecule has 0 aromatic heterocycles. The molecule has 2 fully saturated rings. The molecular weight excluding hydrogens is 292 g/mol. The Morgan fingerprint density at radius 3 is 2.22 bits per heavy atom. The molecule has 5 nitrogen and oxygen atoms in total. The number of methoxy groups -OCH3 is 1. The van der Waals surface area contributed by atoms with Crippen molar-refractivity contribution in [3.05, 3.63) is 0 Å². The van der Waals surface area contributed by atoms with Crippen LogP contribution in [0.1, 0.15) is 57.8 Å². The van der Waals surface area contributed by atoms with E-state index in [0.717, 1.165) is 58.0 Å². The zero-order valence-corrected chi connectivity index (χ0v) is 14.5. The van der Waals surface area contributed by atoms with Gasteiger partial charge in [0.25, 0.3) is 0 Å². The molecule has 0 bridgehead atoms. The molecule has 132 valence electrons. The molecule has 5 heteroatoms. The van der Waals surface area contributed by atoms with Gasteiger partial charge in [-0.15, -0.1) is 0 Å². The maximum absolute atomic E-state index is 12.6. The third-order valence-corrected chi connectivity index (χ3v) is 5.19. The summed E-state index contributed by atoms with van der Waals surface area (Å²) in [6, 6.07) is 0. The monoisotopic (exact) mass is 324 g/mol. The third-order valence-electron chi connectivity index (χ3n) is 5.19. The summed E-state index contributed by atoms with van der Waals surface area (Å²) in [5.41, 5.74) is 0. The number of hydrogen-bond donors (Lipinski definition) is 1. The number of ether oxygens (including phenoxy) is 1. The largest absolute Gasteiger partial charge is 0.385 e. The Balaban J connectivity index is 1.70. The van der Waals surface area contributed by atoms with Crippen LogP contribution in [-0.2, 0) is 14.3 Å². The SMILES string of the molecule is COCCCNC(=O)C1CCC(C(=O)N2CCCCCC2)CC1. The molecule has 1 heterocycles. The lowest BCUT2D eigenvalue weighted by Gasteiger charge is -2.31. The predicted octanol–water partition coefficient (Wildman–Crippen LogP) is 2.35. The number of carbonyl (C=O) groups excluding carboxylic acids is 2. The molecule has 0 radical (unpaired) electrons. The molecule has 2 aliphatic rings. The topological polar surface area (TPSA) is 58.6 Å². The third kappa shape index (κ3) is 5.79. The van der Waals surface area contributed by atoms with Crippen LogP contribution in [0.25, 0.3) is 0 Å². The van der Waals surface area contributed by atoms with Crippen LogP contribution in [-0.4, -0.2) is 50.1 Å². The van der Waals surface area contributed by atoms with Gasteiger partial charge in [0.05, 0.1) is 0 Å². The number of amides is 2. The van der Waals surface area contributed by atoms with Gasteiger partial charge < -0.3 is 15.0 Å². The minimum atomic E-state index is 0.0886. The molecule has 1 saturated carbocycles. The van der Waals surface area contributed by atoms with Crippen molar-refractivity contribution in [3.63, 3.8) is 0 Å². The van der Waals surface area contributed by atoms with Crippen LogP contribution in [0.5, 0.6) is 0 Å². The summed E-state index contributed by atoms with van der Waals surface area (Å²) >= 11 is 0. The van der Waals surface area contributed by atoms with Gasteiger partial charge in [0.15, 0.2) is 0 Å². The van der Waals surface area contributed by atoms with Gasteiger partial charge in [0.1, 0.15) is 0 Å². The fourth-order valence-corrected chi connectivity index (χ4v) is 3.72. The molecule has 2 amide bonds. The van der Waals surface area contributed by atoms with E-state index in [-0.39, 0.29) is 17.7 Å². The molecule has 1 N–H and O–H groups in total. The summed E-state index contributed by atoms with van der Waals surface area (Å²) in [6.07, 6.45) is 9.07. The van der Waals surface area contributed by atoms with Crippen LogP contribution in [0.15, 0.2) is 0 Å². The molecule has 23 heavy (non-hydrogen) atoms. The van der Waals surface area contributed by atoms with Gasteiger partial charge in [-0.2, -0.15) is 0 Å². The maximum Gasteiger partial charge on any atom is 0.225 e. The molecule has 1 saturated heterocycles. The van der Waals surface area contributed by atoms with Crippen molar-refractivity contribution >= 4 is 11.8 Å². The van der Waals surface area contributed by atoms with Gasteiger partial charge in [-0.3, -0.25) is 9.59 Å². The Labute approximate surface area is 140 Å². The number of likely N-dealkylation sites (tertiary alicyclic amines) is 1. The average molecular weight is 324 g/mol. The Morgan fingerprint density at radius 2 is 1.61 bits per heavy atom. The van der Waals surface area contributed by atoms with E-state index in [1.165, 1.54) is 12.8 Å². The van der Waals surface area contributed by atoms with E-state index in [4.69, 9.17) is 4.74 Å². The lowest BCUT2D eigenvalue weighted by molar-refractivity contribution is -0.138. The van der Waals surface area contributed by atoms with Crippen molar-refractivity contribution in [1.29, 1.82) is 0 Å². The lowest BCUT2D eigenvalue weighted by atomic mass is 9.81. The van der Waals surface area contributed by atoms with Crippen LogP contribution in [0.2, 0.25) is 0 Å². The van der Waals surface area contributed by atoms with Crippen molar-refractivity contribution in [2.45, 2.75) is 57.8 Å². The Morgan fingerprint density at radius 1 is 1.00 bits per heavy atom. The molecular formula is C18H32N2O3. The highest BCUT2D eigenvalue weighted by Crippen LogP contribution is 2.30. The van der Waals surface area contributed by atoms with Crippen LogP contribution >= 0.6 is 0 Å². The highest BCUT2D eigenvalue weighted by Gasteiger charge is 2.32. The van der Waals surface area contributed by atoms with E-state index in [1.54, 1.807) is 7.11 Å². The number of nitrogens with zero attached hydrogens (tertiary/aromatic N) is 1. The predicted molar refractivity (Wildman–Crippen MR) is 90.0 cm³/mol. The second-order valence-electron chi connectivity index (χ2n) is 6.93. The summed E-state index contributed by atoms with van der Waals surface area (Å²) in [7, 11) is 1.67. The van der Waals surface area contributed by atoms with Gasteiger partial charge in [0, 0.05) is 45.2 Å². The summed E-state index contributed by atoms with van der Waals surface area (Å²) in [5, 5.41) is 2.99. The molecule has 1 aliphatic heterocycles. The van der Waals surface area contributed by atoms with E-state index >= 15 is 0 Å². The van der Waals surface area contributed by atoms with E-state index < -0.39 is 0 Å². The van der Waals surface area contributed by atoms with E-state index in [0.29, 0.717) is 19.1 Å². The van der Waals surface area contributed by atoms with Crippen molar-refractivity contribution in [2.24, 2.45) is 11.8 Å². The number of hydrogen-bond acceptors (Lipinski definition) is 3. The minimum absolute atomic E-state index is 0.0886. The van der Waals surface area contributed by atoms with Crippen LogP contribution < -0.4 is 5.32 Å². The molecule has 0 spiro atoms. The van der Waals surface area contributed by atoms with E-state index in [9.17, 15) is 9.59 Å². The van der Waals surface area contributed by atoms with Gasteiger partial charge in [0.2, 0.25) is 11.8 Å². The fourth-order valence-electron chi connectivity index (χ4n) is 3.72. The van der Waals surface area contributed by atoms with Gasteiger partial charge in [-0.1, -0.05) is 12.8 Å². The molecule has 0 unspecified atom stereocenters. The van der Waals surface area contributed by atoms with Gasteiger partial charge in [-0.25, -0.2) is 0 Å². The minimum Gasteiger partial charge on any atom is -0.385 e. The first-order valence-electron chi connectivity index (χ1n) is 9.28. The molecule has 2 rings (SSSR count). The first kappa shape index (κ1) is 18.2. The van der Waals surface area contributed by atoms with E-state index in [2.05, 4.69) is 10.2 Å². The lowest BCUT2D eigenvalue weighted by Crippen LogP contribution is -2.40. The highest BCUT2D eigenvalue weighted by atomic mass is 16.5. The molecule has 0 atom stereocenters. The van der Waals surface area contributed by atoms with Crippen LogP contribution in [0.4, 0.5) is 0 Å². The van der Waals surface area contributed by atoms with Crippen molar-refractivity contribution < 1.29 is 14.3 Å². The first-order valence-corrected chi connectivity index (χ1v) is 9.28. The normalized spacial score (nSPS) is 25.7. The highest BCUT2D eigenvalue weighted by molar-refractivity contribution is 5.81. The zero-order valence-electron chi connectivity index (χ0n) is 14.5. The van der Waals surface area contributed by atoms with Crippen LogP contribution in [0.3, 0.4) is 0 Å². The Hall–Kier alpha value is -1.10. The summed E-state index contributed by atoms with van der Waals surface area (Å²) in [6.45, 7) is 3.22. The van der Waals surface area contributed by atoms with Gasteiger partial charge in [-0.05, 0) is 44.9 Å². The van der Waals surface area contributed by atoms with E-state index in [1.807, 2.05) is 0 Å².